The quantitative estimate of drug-likeness (QED) is 0.462. The van der Waals surface area contributed by atoms with E-state index in [1.165, 1.54) is 23.2 Å². The Hall–Kier alpha value is -0.690. The molecule has 0 unspecified atom stereocenters. The molecule has 1 amide bonds. The molecule has 1 aliphatic heterocycles. The van der Waals surface area contributed by atoms with Gasteiger partial charge < -0.3 is 0 Å². The number of anilines is 1. The van der Waals surface area contributed by atoms with Crippen molar-refractivity contribution >= 4 is 51.5 Å². The predicted molar refractivity (Wildman–Crippen MR) is 99.9 cm³/mol. The molecule has 1 fully saturated rings. The maximum Gasteiger partial charge on any atom is 0.259 e. The molecule has 3 nitrogen and oxygen atoms in total. The highest BCUT2D eigenvalue weighted by Crippen LogP contribution is 2.47. The van der Waals surface area contributed by atoms with Gasteiger partial charge in [0, 0.05) is 4.43 Å². The number of rotatable bonds is 3. The van der Waals surface area contributed by atoms with Crippen molar-refractivity contribution in [2.75, 3.05) is 9.44 Å². The fourth-order valence-corrected chi connectivity index (χ4v) is 4.77. The van der Waals surface area contributed by atoms with E-state index < -0.39 is 11.2 Å². The van der Waals surface area contributed by atoms with E-state index in [0.717, 1.165) is 42.2 Å². The smallest absolute Gasteiger partial charge is 0.259 e. The summed E-state index contributed by atoms with van der Waals surface area (Å²) < 4.78 is 14.4. The van der Waals surface area contributed by atoms with Crippen molar-refractivity contribution in [2.45, 2.75) is 39.0 Å². The molecule has 1 saturated carbocycles. The monoisotopic (exact) mass is 448 g/mol. The van der Waals surface area contributed by atoms with E-state index in [2.05, 4.69) is 27.7 Å². The highest BCUT2D eigenvalue weighted by Gasteiger charge is 2.52. The van der Waals surface area contributed by atoms with E-state index in [1.54, 1.807) is 0 Å². The second-order valence-electron chi connectivity index (χ2n) is 6.29. The van der Waals surface area contributed by atoms with Gasteiger partial charge in [-0.05, 0) is 56.2 Å². The molecule has 0 saturated heterocycles. The van der Waals surface area contributed by atoms with Crippen LogP contribution in [0.5, 0.6) is 0 Å². The standard InChI is InChI=1S/C17H19ClFIN2O/c1-2-15-17(7-5-11(10-20)6-8-17)16(23)22(21-15)14-4-3-12(19)9-13(14)18/h3-4,9,11H,2,5-8,10H2,1H3/t11-,17-. The van der Waals surface area contributed by atoms with Gasteiger partial charge in [0.15, 0.2) is 0 Å². The highest BCUT2D eigenvalue weighted by atomic mass is 127. The number of alkyl halides is 1. The maximum atomic E-state index is 13.3. The van der Waals surface area contributed by atoms with E-state index in [9.17, 15) is 9.18 Å². The Morgan fingerprint density at radius 1 is 1.43 bits per heavy atom. The third-order valence-electron chi connectivity index (χ3n) is 5.02. The van der Waals surface area contributed by atoms with Crippen LogP contribution in [0.1, 0.15) is 39.0 Å². The number of hydrogen-bond acceptors (Lipinski definition) is 2. The summed E-state index contributed by atoms with van der Waals surface area (Å²) in [4.78, 5) is 13.1. The zero-order chi connectivity index (χ0) is 16.6. The van der Waals surface area contributed by atoms with Gasteiger partial charge in [-0.1, -0.05) is 41.1 Å². The van der Waals surface area contributed by atoms with Gasteiger partial charge in [0.2, 0.25) is 0 Å². The van der Waals surface area contributed by atoms with Crippen LogP contribution in [0, 0.1) is 17.2 Å². The summed E-state index contributed by atoms with van der Waals surface area (Å²) >= 11 is 8.56. The first-order valence-corrected chi connectivity index (χ1v) is 9.85. The van der Waals surface area contributed by atoms with Crippen LogP contribution in [0.25, 0.3) is 0 Å². The van der Waals surface area contributed by atoms with Gasteiger partial charge in [-0.25, -0.2) is 4.39 Å². The Morgan fingerprint density at radius 3 is 2.70 bits per heavy atom. The number of carbonyl (C=O) groups excluding carboxylic acids is 1. The number of nitrogens with zero attached hydrogens (tertiary/aromatic N) is 2. The molecule has 3 rings (SSSR count). The molecule has 0 aromatic heterocycles. The summed E-state index contributed by atoms with van der Waals surface area (Å²) in [6.45, 7) is 2.04. The van der Waals surface area contributed by atoms with Crippen molar-refractivity contribution in [1.29, 1.82) is 0 Å². The van der Waals surface area contributed by atoms with Crippen LogP contribution in [0.4, 0.5) is 10.1 Å². The lowest BCUT2D eigenvalue weighted by Gasteiger charge is -2.36. The van der Waals surface area contributed by atoms with Crippen LogP contribution in [-0.4, -0.2) is 16.0 Å². The fourth-order valence-electron chi connectivity index (χ4n) is 3.64. The molecule has 2 aliphatic rings. The van der Waals surface area contributed by atoms with Crippen molar-refractivity contribution in [3.8, 4) is 0 Å². The third-order valence-corrected chi connectivity index (χ3v) is 6.57. The molecule has 0 N–H and O–H groups in total. The molecular weight excluding hydrogens is 430 g/mol. The number of carbonyl (C=O) groups is 1. The largest absolute Gasteiger partial charge is 0.271 e. The molecule has 1 aliphatic carbocycles. The lowest BCUT2D eigenvalue weighted by atomic mass is 9.67. The van der Waals surface area contributed by atoms with Crippen LogP contribution < -0.4 is 5.01 Å². The van der Waals surface area contributed by atoms with Gasteiger partial charge in [0.1, 0.15) is 5.82 Å². The van der Waals surface area contributed by atoms with Crippen molar-refractivity contribution in [1.82, 2.24) is 0 Å². The van der Waals surface area contributed by atoms with Gasteiger partial charge in [-0.2, -0.15) is 10.1 Å². The molecule has 0 atom stereocenters. The minimum absolute atomic E-state index is 0.00485. The second kappa shape index (κ2) is 6.67. The number of hydrogen-bond donors (Lipinski definition) is 0. The maximum absolute atomic E-state index is 13.3. The zero-order valence-electron chi connectivity index (χ0n) is 13.0. The summed E-state index contributed by atoms with van der Waals surface area (Å²) in [7, 11) is 0. The Balaban J connectivity index is 1.94. The van der Waals surface area contributed by atoms with Gasteiger partial charge in [-0.3, -0.25) is 4.79 Å². The Labute approximate surface area is 154 Å². The van der Waals surface area contributed by atoms with Gasteiger partial charge in [-0.15, -0.1) is 0 Å². The van der Waals surface area contributed by atoms with Crippen LogP contribution >= 0.6 is 34.2 Å². The summed E-state index contributed by atoms with van der Waals surface area (Å²) in [5.74, 6) is 0.271. The molecular formula is C17H19ClFIN2O. The Kier molecular flexibility index (Phi) is 4.97. The lowest BCUT2D eigenvalue weighted by molar-refractivity contribution is -0.125. The average molecular weight is 449 g/mol. The predicted octanol–water partition coefficient (Wildman–Crippen LogP) is 5.20. The van der Waals surface area contributed by atoms with Crippen molar-refractivity contribution in [3.63, 3.8) is 0 Å². The second-order valence-corrected chi connectivity index (χ2v) is 7.58. The molecule has 1 spiro atoms. The average Bonchev–Trinajstić information content (AvgIpc) is 2.81. The molecule has 0 radical (unpaired) electrons. The van der Waals surface area contributed by atoms with Crippen molar-refractivity contribution in [3.05, 3.63) is 29.0 Å². The van der Waals surface area contributed by atoms with E-state index in [0.29, 0.717) is 11.6 Å². The summed E-state index contributed by atoms with van der Waals surface area (Å²) in [5, 5.41) is 6.18. The molecule has 124 valence electrons. The minimum atomic E-state index is -0.477. The lowest BCUT2D eigenvalue weighted by Crippen LogP contribution is -2.42. The van der Waals surface area contributed by atoms with Crippen LogP contribution in [0.2, 0.25) is 5.02 Å². The highest BCUT2D eigenvalue weighted by molar-refractivity contribution is 14.1. The van der Waals surface area contributed by atoms with E-state index in [1.807, 2.05) is 6.92 Å². The van der Waals surface area contributed by atoms with Gasteiger partial charge in [0.25, 0.3) is 5.91 Å². The Bertz CT molecular complexity index is 656. The first kappa shape index (κ1) is 17.1. The molecule has 0 bridgehead atoms. The third kappa shape index (κ3) is 2.90. The first-order valence-electron chi connectivity index (χ1n) is 7.95. The number of hydrazone groups is 1. The molecule has 1 aromatic rings. The summed E-state index contributed by atoms with van der Waals surface area (Å²) in [5.41, 5.74) is 0.932. The fraction of sp³-hybridized carbons (Fsp3) is 0.529. The van der Waals surface area contributed by atoms with E-state index in [-0.39, 0.29) is 10.9 Å². The minimum Gasteiger partial charge on any atom is -0.271 e. The normalized spacial score (nSPS) is 27.7. The zero-order valence-corrected chi connectivity index (χ0v) is 15.9. The van der Waals surface area contributed by atoms with Crippen LogP contribution in [0.3, 0.4) is 0 Å². The number of benzene rings is 1. The summed E-state index contributed by atoms with van der Waals surface area (Å²) in [6.07, 6.45) is 4.55. The first-order chi connectivity index (χ1) is 11.0. The van der Waals surface area contributed by atoms with Gasteiger partial charge >= 0.3 is 0 Å². The number of halogens is 3. The van der Waals surface area contributed by atoms with E-state index in [4.69, 9.17) is 11.6 Å². The van der Waals surface area contributed by atoms with E-state index >= 15 is 0 Å². The molecule has 6 heteroatoms. The van der Waals surface area contributed by atoms with Crippen molar-refractivity contribution in [2.24, 2.45) is 16.4 Å². The van der Waals surface area contributed by atoms with Crippen molar-refractivity contribution < 1.29 is 9.18 Å². The molecule has 1 aromatic carbocycles. The summed E-state index contributed by atoms with van der Waals surface area (Å²) in [6, 6.07) is 4.07. The van der Waals surface area contributed by atoms with Crippen LogP contribution in [0.15, 0.2) is 23.3 Å². The Morgan fingerprint density at radius 2 is 2.13 bits per heavy atom. The van der Waals surface area contributed by atoms with Gasteiger partial charge in [0.05, 0.1) is 21.8 Å². The topological polar surface area (TPSA) is 32.7 Å². The number of amides is 1. The SMILES string of the molecule is CCC1=NN(c2ccc(F)cc2Cl)C(=O)[C@]12CC[C@H](CI)CC2. The van der Waals surface area contributed by atoms with Crippen LogP contribution in [-0.2, 0) is 4.79 Å². The molecule has 23 heavy (non-hydrogen) atoms. The molecule has 1 heterocycles.